The lowest BCUT2D eigenvalue weighted by Crippen LogP contribution is -1.81. The summed E-state index contributed by atoms with van der Waals surface area (Å²) in [5.74, 6) is 0. The molecule has 0 unspecified atom stereocenters. The molecule has 11 heavy (non-hydrogen) atoms. The van der Waals surface area contributed by atoms with Crippen molar-refractivity contribution in [2.75, 3.05) is 0 Å². The Balaban J connectivity index is -0.000000305. The van der Waals surface area contributed by atoms with E-state index in [1.807, 2.05) is 6.07 Å². The van der Waals surface area contributed by atoms with E-state index in [4.69, 9.17) is 11.5 Å². The van der Waals surface area contributed by atoms with Gasteiger partial charge in [-0.3, -0.25) is 4.98 Å². The molecule has 1 aromatic heterocycles. The van der Waals surface area contributed by atoms with Crippen LogP contribution in [0.3, 0.4) is 0 Å². The summed E-state index contributed by atoms with van der Waals surface area (Å²) in [5, 5.41) is 3.40. The molecular weight excluding hydrogens is 208 g/mol. The van der Waals surface area contributed by atoms with E-state index in [0.29, 0.717) is 6.54 Å². The van der Waals surface area contributed by atoms with E-state index < -0.39 is 0 Å². The van der Waals surface area contributed by atoms with Crippen LogP contribution in [0.2, 0.25) is 0 Å². The van der Waals surface area contributed by atoms with Gasteiger partial charge in [-0.2, -0.15) is 0 Å². The lowest BCUT2D eigenvalue weighted by Gasteiger charge is -1.93. The van der Waals surface area contributed by atoms with Gasteiger partial charge in [0.15, 0.2) is 0 Å². The predicted octanol–water partition coefficient (Wildman–Crippen LogP) is 3.39. The highest BCUT2D eigenvalue weighted by atomic mass is 79.9. The second-order valence-corrected chi connectivity index (χ2v) is 2.82. The highest BCUT2D eigenvalue weighted by Crippen LogP contribution is 2.09. The average molecular weight is 224 g/mol. The molecule has 0 saturated heterocycles. The van der Waals surface area contributed by atoms with Crippen LogP contribution < -0.4 is 0 Å². The smallest absolute Gasteiger partial charge is 0.0526 e. The quantitative estimate of drug-likeness (QED) is 0.431. The molecule has 1 rings (SSSR count). The minimum absolute atomic E-state index is 0. The first-order chi connectivity index (χ1) is 7.33. The molecule has 1 heterocycles. The van der Waals surface area contributed by atoms with Crippen molar-refractivity contribution in [1.82, 2.24) is 4.98 Å². The molecule has 0 N–H and O–H groups in total. The number of pyridine rings is 1. The van der Waals surface area contributed by atoms with Crippen LogP contribution in [0, 0.1) is 0 Å². The summed E-state index contributed by atoms with van der Waals surface area (Å²) >= 11 is 3.26. The number of azide groups is 1. The minimum Gasteiger partial charge on any atom is -0.263 e. The number of hydrogen-bond acceptors (Lipinski definition) is 2. The van der Waals surface area contributed by atoms with Gasteiger partial charge in [0, 0.05) is 29.1 Å². The van der Waals surface area contributed by atoms with Gasteiger partial charge < -0.3 is 0 Å². The molecule has 1 aromatic rings. The Kier molecular flexibility index (Phi) is 2.00. The van der Waals surface area contributed by atoms with Gasteiger partial charge in [0.1, 0.15) is 0 Å². The van der Waals surface area contributed by atoms with Crippen molar-refractivity contribution in [1.29, 1.82) is 0 Å². The fraction of sp³-hybridized carbons (Fsp3) is 0.167. The van der Waals surface area contributed by atoms with E-state index in [2.05, 4.69) is 30.9 Å². The maximum atomic E-state index is 8.02. The van der Waals surface area contributed by atoms with E-state index in [-0.39, 0.29) is 1.43 Å². The Labute approximate surface area is 79.7 Å². The van der Waals surface area contributed by atoms with E-state index in [9.17, 15) is 0 Å². The Morgan fingerprint density at radius 1 is 1.82 bits per heavy atom. The first kappa shape index (κ1) is 5.57. The highest BCUT2D eigenvalue weighted by molar-refractivity contribution is 9.10. The molecule has 5 heteroatoms. The molecule has 0 aliphatic rings. The highest BCUT2D eigenvalue weighted by Gasteiger charge is 1.90. The standard InChI is InChI=1S/C6H5BrN4.3H2/c7-6-1-5(2-9-4-6)3-10-11-8;;;/h1-2,4H,3H2;3*1H/i;2*1+1D;1+1. The third-order valence-electron chi connectivity index (χ3n) is 1.08. The van der Waals surface area contributed by atoms with Crippen molar-refractivity contribution in [2.24, 2.45) is 5.11 Å². The Morgan fingerprint density at radius 2 is 2.64 bits per heavy atom. The molecule has 0 fully saturated rings. The fourth-order valence-corrected chi connectivity index (χ4v) is 1.07. The molecular formula is C6H11BrN4. The second kappa shape index (κ2) is 3.95. The zero-order valence-electron chi connectivity index (χ0n) is 9.61. The number of nitrogens with zero attached hydrogens (tertiary/aromatic N) is 4. The minimum atomic E-state index is 0. The largest absolute Gasteiger partial charge is 0.263 e. The summed E-state index contributed by atoms with van der Waals surface area (Å²) in [5.41, 5.74) is 8.92. The van der Waals surface area contributed by atoms with Crippen LogP contribution in [0.25, 0.3) is 10.4 Å². The summed E-state index contributed by atoms with van der Waals surface area (Å²) in [6.45, 7) is 0.350. The van der Waals surface area contributed by atoms with Gasteiger partial charge in [-0.1, -0.05) is 5.11 Å². The predicted molar refractivity (Wildman–Crippen MR) is 51.1 cm³/mol. The van der Waals surface area contributed by atoms with Crippen LogP contribution in [-0.4, -0.2) is 4.98 Å². The van der Waals surface area contributed by atoms with Gasteiger partial charge in [0.2, 0.25) is 0 Å². The van der Waals surface area contributed by atoms with Gasteiger partial charge in [-0.25, -0.2) is 0 Å². The van der Waals surface area contributed by atoms with Crippen molar-refractivity contribution < 1.29 is 7.37 Å². The van der Waals surface area contributed by atoms with Crippen LogP contribution in [-0.2, 0) is 6.54 Å². The van der Waals surface area contributed by atoms with Gasteiger partial charge in [-0.15, -0.1) is 0 Å². The molecule has 0 amide bonds. The Morgan fingerprint density at radius 3 is 3.27 bits per heavy atom. The van der Waals surface area contributed by atoms with Crippen molar-refractivity contribution in [3.05, 3.63) is 38.9 Å². The zero-order valence-corrected chi connectivity index (χ0v) is 7.19. The van der Waals surface area contributed by atoms with E-state index >= 15 is 0 Å². The Bertz CT molecular complexity index is 307. The van der Waals surface area contributed by atoms with Crippen molar-refractivity contribution in [3.8, 4) is 0 Å². The molecule has 0 aromatic carbocycles. The number of rotatable bonds is 2. The third-order valence-corrected chi connectivity index (χ3v) is 1.51. The summed E-state index contributed by atoms with van der Waals surface area (Å²) in [7, 11) is 0. The first-order valence-electron chi connectivity index (χ1n) is 4.93. The van der Waals surface area contributed by atoms with E-state index in [0.717, 1.165) is 10.0 Å². The first-order valence-corrected chi connectivity index (χ1v) is 3.72. The van der Waals surface area contributed by atoms with Crippen molar-refractivity contribution in [3.63, 3.8) is 0 Å². The maximum Gasteiger partial charge on any atom is 0.0526 e. The van der Waals surface area contributed by atoms with Crippen LogP contribution in [0.4, 0.5) is 0 Å². The summed E-state index contributed by atoms with van der Waals surface area (Å²) < 4.78 is 20.9. The molecule has 0 radical (unpaired) electrons. The number of hydrogen-bond donors (Lipinski definition) is 0. The summed E-state index contributed by atoms with van der Waals surface area (Å²) in [6, 6.07) is 1.86. The Hall–Kier alpha value is -1.06. The normalized spacial score (nSPS) is 10.3. The van der Waals surface area contributed by atoms with Gasteiger partial charge in [0.25, 0.3) is 0 Å². The third kappa shape index (κ3) is 2.57. The van der Waals surface area contributed by atoms with Crippen LogP contribution in [0.5, 0.6) is 0 Å². The molecule has 0 bridgehead atoms. The zero-order chi connectivity index (χ0) is 12.1. The number of halogens is 1. The van der Waals surface area contributed by atoms with Gasteiger partial charge in [-0.05, 0) is 33.1 Å². The molecule has 62 valence electrons. The van der Waals surface area contributed by atoms with E-state index in [1.165, 1.54) is 0 Å². The monoisotopic (exact) mass is 223 g/mol. The van der Waals surface area contributed by atoms with Crippen LogP contribution in [0.15, 0.2) is 28.0 Å². The molecule has 0 spiro atoms. The molecule has 0 aliphatic carbocycles. The topological polar surface area (TPSA) is 61.7 Å². The maximum absolute atomic E-state index is 8.02. The molecule has 0 saturated carbocycles. The number of aromatic nitrogens is 1. The fourth-order valence-electron chi connectivity index (χ4n) is 0.656. The molecule has 0 aliphatic heterocycles. The lowest BCUT2D eigenvalue weighted by molar-refractivity contribution is 1.02. The van der Waals surface area contributed by atoms with Crippen molar-refractivity contribution >= 4 is 15.9 Å². The van der Waals surface area contributed by atoms with Crippen LogP contribution in [0.1, 0.15) is 12.9 Å². The second-order valence-electron chi connectivity index (χ2n) is 1.90. The van der Waals surface area contributed by atoms with Crippen LogP contribution >= 0.6 is 15.9 Å². The van der Waals surface area contributed by atoms with Gasteiger partial charge >= 0.3 is 0 Å². The van der Waals surface area contributed by atoms with Gasteiger partial charge in [0.05, 0.1) is 6.54 Å². The van der Waals surface area contributed by atoms with Crippen molar-refractivity contribution in [2.45, 2.75) is 6.54 Å². The average Bonchev–Trinajstić information content (AvgIpc) is 2.32. The molecule has 0 atom stereocenters. The summed E-state index contributed by atoms with van der Waals surface area (Å²) in [6.07, 6.45) is 3.35. The molecule has 4 nitrogen and oxygen atoms in total. The van der Waals surface area contributed by atoms with E-state index in [1.54, 1.807) is 12.4 Å². The summed E-state index contributed by atoms with van der Waals surface area (Å²) in [4.78, 5) is 6.55. The lowest BCUT2D eigenvalue weighted by atomic mass is 10.3. The SMILES string of the molecule is [2HH].[2H][2H].[2H][2H].[N-]=[N+]=NCc1cncc(Br)c1.